The highest BCUT2D eigenvalue weighted by atomic mass is 16.3. The van der Waals surface area contributed by atoms with Gasteiger partial charge in [0.25, 0.3) is 0 Å². The third-order valence-corrected chi connectivity index (χ3v) is 4.16. The van der Waals surface area contributed by atoms with Crippen molar-refractivity contribution in [3.05, 3.63) is 48.0 Å². The molecule has 6 nitrogen and oxygen atoms in total. The van der Waals surface area contributed by atoms with Crippen LogP contribution in [-0.4, -0.2) is 30.1 Å². The van der Waals surface area contributed by atoms with Gasteiger partial charge in [-0.1, -0.05) is 0 Å². The van der Waals surface area contributed by atoms with Gasteiger partial charge in [0.15, 0.2) is 0 Å². The first-order valence-corrected chi connectivity index (χ1v) is 8.47. The van der Waals surface area contributed by atoms with E-state index >= 15 is 0 Å². The van der Waals surface area contributed by atoms with Gasteiger partial charge in [-0.15, -0.1) is 0 Å². The maximum atomic E-state index is 12.0. The van der Waals surface area contributed by atoms with Gasteiger partial charge < -0.3 is 20.0 Å². The van der Waals surface area contributed by atoms with Crippen LogP contribution in [0, 0.1) is 0 Å². The Balaban J connectivity index is 1.46. The molecule has 0 bridgehead atoms. The number of urea groups is 1. The van der Waals surface area contributed by atoms with E-state index in [1.165, 1.54) is 12.8 Å². The number of amides is 2. The van der Waals surface area contributed by atoms with Crippen molar-refractivity contribution in [1.29, 1.82) is 0 Å². The van der Waals surface area contributed by atoms with Crippen molar-refractivity contribution in [2.45, 2.75) is 38.8 Å². The minimum absolute atomic E-state index is 0.00810. The number of nitrogens with one attached hydrogen (secondary N) is 2. The molecule has 0 radical (unpaired) electrons. The minimum atomic E-state index is -0.173. The van der Waals surface area contributed by atoms with Gasteiger partial charge in [0, 0.05) is 38.3 Å². The highest BCUT2D eigenvalue weighted by Crippen LogP contribution is 2.18. The quantitative estimate of drug-likeness (QED) is 0.855. The molecule has 24 heavy (non-hydrogen) atoms. The Hall–Kier alpha value is -2.50. The predicted octanol–water partition coefficient (Wildman–Crippen LogP) is 2.71. The van der Waals surface area contributed by atoms with Crippen LogP contribution in [0.3, 0.4) is 0 Å². The van der Waals surface area contributed by atoms with Crippen LogP contribution in [0.5, 0.6) is 0 Å². The summed E-state index contributed by atoms with van der Waals surface area (Å²) in [5, 5.41) is 5.82. The van der Waals surface area contributed by atoms with E-state index in [0.29, 0.717) is 13.0 Å². The summed E-state index contributed by atoms with van der Waals surface area (Å²) in [6.45, 7) is 4.58. The zero-order valence-corrected chi connectivity index (χ0v) is 14.0. The van der Waals surface area contributed by atoms with Crippen LogP contribution in [0.2, 0.25) is 0 Å². The second kappa shape index (κ2) is 7.86. The number of furan rings is 1. The molecule has 2 N–H and O–H groups in total. The van der Waals surface area contributed by atoms with E-state index in [1.807, 2.05) is 31.3 Å². The Morgan fingerprint density at radius 1 is 1.38 bits per heavy atom. The van der Waals surface area contributed by atoms with E-state index in [2.05, 4.69) is 26.6 Å². The molecule has 0 spiro atoms. The summed E-state index contributed by atoms with van der Waals surface area (Å²) in [5.41, 5.74) is 1.06. The Bertz CT molecular complexity index is 651. The van der Waals surface area contributed by atoms with Crippen LogP contribution in [0.4, 0.5) is 10.6 Å². The van der Waals surface area contributed by atoms with Crippen molar-refractivity contribution < 1.29 is 9.21 Å². The molecule has 3 heterocycles. The van der Waals surface area contributed by atoms with Crippen LogP contribution >= 0.6 is 0 Å². The summed E-state index contributed by atoms with van der Waals surface area (Å²) in [4.78, 5) is 18.7. The smallest absolute Gasteiger partial charge is 0.315 e. The Morgan fingerprint density at radius 2 is 2.21 bits per heavy atom. The van der Waals surface area contributed by atoms with Crippen molar-refractivity contribution in [1.82, 2.24) is 15.6 Å². The first-order chi connectivity index (χ1) is 11.7. The molecule has 1 fully saturated rings. The molecule has 1 atom stereocenters. The van der Waals surface area contributed by atoms with Gasteiger partial charge in [-0.3, -0.25) is 0 Å². The number of pyridine rings is 1. The molecule has 2 aromatic rings. The number of rotatable bonds is 6. The molecule has 2 amide bonds. The topological polar surface area (TPSA) is 70.4 Å². The standard InChI is InChI=1S/C18H24N4O2/c1-14(11-16-5-4-10-24-16)21-18(23)20-13-15-6-7-19-17(12-15)22-8-2-3-9-22/h4-7,10,12,14H,2-3,8-9,11,13H2,1H3,(H2,20,21,23)/t14-/m0/s1. The SMILES string of the molecule is C[C@@H](Cc1ccco1)NC(=O)NCc1ccnc(N2CCCC2)c1. The molecule has 2 aromatic heterocycles. The summed E-state index contributed by atoms with van der Waals surface area (Å²) in [5.74, 6) is 1.87. The third-order valence-electron chi connectivity index (χ3n) is 4.16. The zero-order valence-electron chi connectivity index (χ0n) is 14.0. The summed E-state index contributed by atoms with van der Waals surface area (Å²) >= 11 is 0. The van der Waals surface area contributed by atoms with Crippen LogP contribution < -0.4 is 15.5 Å². The average Bonchev–Trinajstić information content (AvgIpc) is 3.26. The van der Waals surface area contributed by atoms with E-state index in [0.717, 1.165) is 30.2 Å². The van der Waals surface area contributed by atoms with E-state index in [9.17, 15) is 4.79 Å². The Morgan fingerprint density at radius 3 is 2.96 bits per heavy atom. The fourth-order valence-electron chi connectivity index (χ4n) is 2.93. The van der Waals surface area contributed by atoms with Crippen LogP contribution in [0.25, 0.3) is 0 Å². The number of hydrogen-bond donors (Lipinski definition) is 2. The van der Waals surface area contributed by atoms with Crippen molar-refractivity contribution in [2.75, 3.05) is 18.0 Å². The number of anilines is 1. The summed E-state index contributed by atoms with van der Waals surface area (Å²) in [6.07, 6.45) is 6.57. The molecule has 128 valence electrons. The van der Waals surface area contributed by atoms with E-state index in [-0.39, 0.29) is 12.1 Å². The number of hydrogen-bond acceptors (Lipinski definition) is 4. The molecule has 3 rings (SSSR count). The minimum Gasteiger partial charge on any atom is -0.469 e. The molecule has 0 saturated carbocycles. The number of carbonyl (C=O) groups excluding carboxylic acids is 1. The van der Waals surface area contributed by atoms with Gasteiger partial charge in [-0.25, -0.2) is 9.78 Å². The lowest BCUT2D eigenvalue weighted by Gasteiger charge is -2.17. The summed E-state index contributed by atoms with van der Waals surface area (Å²) in [6, 6.07) is 7.59. The van der Waals surface area contributed by atoms with Gasteiger partial charge in [0.1, 0.15) is 11.6 Å². The second-order valence-corrected chi connectivity index (χ2v) is 6.23. The largest absolute Gasteiger partial charge is 0.469 e. The monoisotopic (exact) mass is 328 g/mol. The fraction of sp³-hybridized carbons (Fsp3) is 0.444. The second-order valence-electron chi connectivity index (χ2n) is 6.23. The Kier molecular flexibility index (Phi) is 5.36. The fourth-order valence-corrected chi connectivity index (χ4v) is 2.93. The van der Waals surface area contributed by atoms with Crippen molar-refractivity contribution in [3.8, 4) is 0 Å². The number of carbonyl (C=O) groups is 1. The molecule has 6 heteroatoms. The van der Waals surface area contributed by atoms with Gasteiger partial charge in [-0.05, 0) is 49.6 Å². The van der Waals surface area contributed by atoms with Gasteiger partial charge >= 0.3 is 6.03 Å². The number of aromatic nitrogens is 1. The van der Waals surface area contributed by atoms with Crippen molar-refractivity contribution in [2.24, 2.45) is 0 Å². The lowest BCUT2D eigenvalue weighted by atomic mass is 10.2. The average molecular weight is 328 g/mol. The third kappa shape index (κ3) is 4.50. The van der Waals surface area contributed by atoms with Gasteiger partial charge in [0.05, 0.1) is 6.26 Å². The highest BCUT2D eigenvalue weighted by molar-refractivity contribution is 5.74. The molecule has 1 aliphatic rings. The maximum Gasteiger partial charge on any atom is 0.315 e. The zero-order chi connectivity index (χ0) is 16.8. The molecule has 0 aromatic carbocycles. The first kappa shape index (κ1) is 16.4. The van der Waals surface area contributed by atoms with E-state index in [4.69, 9.17) is 4.42 Å². The van der Waals surface area contributed by atoms with Crippen LogP contribution in [-0.2, 0) is 13.0 Å². The lowest BCUT2D eigenvalue weighted by Crippen LogP contribution is -2.41. The summed E-state index contributed by atoms with van der Waals surface area (Å²) < 4.78 is 5.29. The van der Waals surface area contributed by atoms with E-state index < -0.39 is 0 Å². The summed E-state index contributed by atoms with van der Waals surface area (Å²) in [7, 11) is 0. The van der Waals surface area contributed by atoms with Crippen molar-refractivity contribution >= 4 is 11.8 Å². The van der Waals surface area contributed by atoms with Crippen molar-refractivity contribution in [3.63, 3.8) is 0 Å². The first-order valence-electron chi connectivity index (χ1n) is 8.47. The lowest BCUT2D eigenvalue weighted by molar-refractivity contribution is 0.237. The predicted molar refractivity (Wildman–Crippen MR) is 92.9 cm³/mol. The molecular weight excluding hydrogens is 304 g/mol. The normalized spacial score (nSPS) is 15.3. The van der Waals surface area contributed by atoms with E-state index in [1.54, 1.807) is 6.26 Å². The van der Waals surface area contributed by atoms with Gasteiger partial charge in [-0.2, -0.15) is 0 Å². The Labute approximate surface area is 142 Å². The van der Waals surface area contributed by atoms with Crippen LogP contribution in [0.1, 0.15) is 31.1 Å². The molecule has 0 aliphatic carbocycles. The molecule has 1 saturated heterocycles. The number of nitrogens with zero attached hydrogens (tertiary/aromatic N) is 2. The molecular formula is C18H24N4O2. The maximum absolute atomic E-state index is 12.0. The highest BCUT2D eigenvalue weighted by Gasteiger charge is 2.14. The molecule has 1 aliphatic heterocycles. The van der Waals surface area contributed by atoms with Gasteiger partial charge in [0.2, 0.25) is 0 Å². The van der Waals surface area contributed by atoms with Crippen LogP contribution in [0.15, 0.2) is 41.1 Å². The molecule has 0 unspecified atom stereocenters.